The summed E-state index contributed by atoms with van der Waals surface area (Å²) in [5.74, 6) is -0.388. The van der Waals surface area contributed by atoms with Gasteiger partial charge in [-0.1, -0.05) is 0 Å². The highest BCUT2D eigenvalue weighted by Crippen LogP contribution is 2.27. The number of alkyl halides is 3. The van der Waals surface area contributed by atoms with Crippen LogP contribution >= 0.6 is 0 Å². The highest BCUT2D eigenvalue weighted by Gasteiger charge is 2.31. The highest BCUT2D eigenvalue weighted by molar-refractivity contribution is 5.93. The molecule has 102 valence electrons. The van der Waals surface area contributed by atoms with E-state index >= 15 is 0 Å². The lowest BCUT2D eigenvalue weighted by Crippen LogP contribution is -2.17. The Hall–Kier alpha value is -2.71. The van der Waals surface area contributed by atoms with Gasteiger partial charge < -0.3 is 4.74 Å². The van der Waals surface area contributed by atoms with Crippen molar-refractivity contribution in [3.05, 3.63) is 29.8 Å². The fourth-order valence-electron chi connectivity index (χ4n) is 1.87. The molecule has 0 amide bonds. The molecule has 0 fully saturated rings. The summed E-state index contributed by atoms with van der Waals surface area (Å²) < 4.78 is 41.6. The SMILES string of the molecule is O=Cc1cc2ccc(OC(F)(F)F)cc2n2nnnc12. The number of nitrogens with zero attached hydrogens (tertiary/aromatic N) is 4. The zero-order chi connectivity index (χ0) is 14.3. The van der Waals surface area contributed by atoms with Crippen LogP contribution in [0.3, 0.4) is 0 Å². The molecule has 0 N–H and O–H groups in total. The molecule has 0 unspecified atom stereocenters. The molecule has 0 bridgehead atoms. The normalized spacial score (nSPS) is 11.9. The van der Waals surface area contributed by atoms with E-state index in [1.165, 1.54) is 16.6 Å². The Morgan fingerprint density at radius 1 is 1.25 bits per heavy atom. The number of hydrogen-bond acceptors (Lipinski definition) is 5. The highest BCUT2D eigenvalue weighted by atomic mass is 19.4. The van der Waals surface area contributed by atoms with E-state index in [1.807, 2.05) is 0 Å². The van der Waals surface area contributed by atoms with Crippen molar-refractivity contribution >= 4 is 22.8 Å². The first kappa shape index (κ1) is 12.3. The molecule has 0 saturated heterocycles. The van der Waals surface area contributed by atoms with Gasteiger partial charge in [-0.3, -0.25) is 4.79 Å². The van der Waals surface area contributed by atoms with Gasteiger partial charge in [0.05, 0.1) is 11.1 Å². The summed E-state index contributed by atoms with van der Waals surface area (Å²) in [6, 6.07) is 5.19. The quantitative estimate of drug-likeness (QED) is 0.672. The van der Waals surface area contributed by atoms with Crippen LogP contribution in [0, 0.1) is 0 Å². The number of carbonyl (C=O) groups is 1. The van der Waals surface area contributed by atoms with Crippen LogP contribution in [0.25, 0.3) is 16.6 Å². The molecule has 0 spiro atoms. The molecule has 0 atom stereocenters. The monoisotopic (exact) mass is 282 g/mol. The maximum atomic E-state index is 12.2. The molecular formula is C11H5F3N4O2. The van der Waals surface area contributed by atoms with Crippen molar-refractivity contribution in [1.82, 2.24) is 20.0 Å². The summed E-state index contributed by atoms with van der Waals surface area (Å²) >= 11 is 0. The molecule has 0 aliphatic rings. The maximum absolute atomic E-state index is 12.2. The Morgan fingerprint density at radius 3 is 2.75 bits per heavy atom. The number of fused-ring (bicyclic) bond motifs is 3. The Balaban J connectivity index is 2.26. The number of aldehydes is 1. The number of aromatic nitrogens is 4. The van der Waals surface area contributed by atoms with Crippen LogP contribution in [-0.2, 0) is 0 Å². The van der Waals surface area contributed by atoms with Gasteiger partial charge in [0.15, 0.2) is 11.9 Å². The van der Waals surface area contributed by atoms with E-state index < -0.39 is 6.36 Å². The second-order valence-electron chi connectivity index (χ2n) is 3.90. The Morgan fingerprint density at radius 2 is 2.05 bits per heavy atom. The van der Waals surface area contributed by atoms with E-state index in [0.29, 0.717) is 17.2 Å². The van der Waals surface area contributed by atoms with E-state index in [2.05, 4.69) is 20.3 Å². The van der Waals surface area contributed by atoms with Crippen LogP contribution in [0.15, 0.2) is 24.3 Å². The first-order chi connectivity index (χ1) is 9.48. The summed E-state index contributed by atoms with van der Waals surface area (Å²) in [5, 5.41) is 11.2. The number of carbonyl (C=O) groups excluding carboxylic acids is 1. The zero-order valence-electron chi connectivity index (χ0n) is 9.63. The van der Waals surface area contributed by atoms with Crippen LogP contribution in [0.2, 0.25) is 0 Å². The van der Waals surface area contributed by atoms with E-state index in [4.69, 9.17) is 0 Å². The molecule has 20 heavy (non-hydrogen) atoms. The van der Waals surface area contributed by atoms with Crippen molar-refractivity contribution < 1.29 is 22.7 Å². The van der Waals surface area contributed by atoms with Gasteiger partial charge in [-0.25, -0.2) is 0 Å². The second kappa shape index (κ2) is 4.15. The summed E-state index contributed by atoms with van der Waals surface area (Å²) in [4.78, 5) is 10.9. The third-order valence-corrected chi connectivity index (χ3v) is 2.63. The van der Waals surface area contributed by atoms with Crippen molar-refractivity contribution in [2.24, 2.45) is 0 Å². The molecule has 0 radical (unpaired) electrons. The van der Waals surface area contributed by atoms with Crippen LogP contribution in [0.5, 0.6) is 5.75 Å². The third kappa shape index (κ3) is 2.02. The predicted octanol–water partition coefficient (Wildman–Crippen LogP) is 1.99. The molecule has 6 nitrogen and oxygen atoms in total. The predicted molar refractivity (Wildman–Crippen MR) is 60.4 cm³/mol. The minimum atomic E-state index is -4.78. The summed E-state index contributed by atoms with van der Waals surface area (Å²) in [6.45, 7) is 0. The number of ether oxygens (including phenoxy) is 1. The lowest BCUT2D eigenvalue weighted by molar-refractivity contribution is -0.274. The van der Waals surface area contributed by atoms with Gasteiger partial charge >= 0.3 is 6.36 Å². The number of benzene rings is 1. The van der Waals surface area contributed by atoms with E-state index in [9.17, 15) is 18.0 Å². The molecule has 9 heteroatoms. The Bertz CT molecular complexity index is 812. The Kier molecular flexibility index (Phi) is 2.56. The molecule has 0 aliphatic heterocycles. The summed E-state index contributed by atoms with van der Waals surface area (Å²) in [7, 11) is 0. The van der Waals surface area contributed by atoms with Crippen molar-refractivity contribution in [3.63, 3.8) is 0 Å². The molecule has 0 aliphatic carbocycles. The summed E-state index contributed by atoms with van der Waals surface area (Å²) in [5.41, 5.74) is 0.709. The van der Waals surface area contributed by atoms with Crippen molar-refractivity contribution in [1.29, 1.82) is 0 Å². The lowest BCUT2D eigenvalue weighted by atomic mass is 10.1. The number of hydrogen-bond donors (Lipinski definition) is 0. The van der Waals surface area contributed by atoms with Crippen LogP contribution < -0.4 is 4.74 Å². The van der Waals surface area contributed by atoms with Gasteiger partial charge in [-0.15, -0.1) is 18.3 Å². The molecule has 1 aromatic carbocycles. The standard InChI is InChI=1S/C11H5F3N4O2/c12-11(13,14)20-8-2-1-6-3-7(5-19)10-15-16-17-18(10)9(6)4-8/h1-5H. The van der Waals surface area contributed by atoms with Gasteiger partial charge in [-0.05, 0) is 28.6 Å². The topological polar surface area (TPSA) is 69.4 Å². The fourth-order valence-corrected chi connectivity index (χ4v) is 1.87. The lowest BCUT2D eigenvalue weighted by Gasteiger charge is -2.10. The average molecular weight is 282 g/mol. The molecule has 3 rings (SSSR count). The van der Waals surface area contributed by atoms with Crippen LogP contribution in [0.1, 0.15) is 10.4 Å². The molecule has 3 aromatic rings. The van der Waals surface area contributed by atoms with Gasteiger partial charge in [0.2, 0.25) is 0 Å². The van der Waals surface area contributed by atoms with Gasteiger partial charge in [0.1, 0.15) is 5.75 Å². The fraction of sp³-hybridized carbons (Fsp3) is 0.0909. The summed E-state index contributed by atoms with van der Waals surface area (Å²) in [6.07, 6.45) is -4.21. The van der Waals surface area contributed by atoms with E-state index in [1.54, 1.807) is 0 Å². The van der Waals surface area contributed by atoms with E-state index in [-0.39, 0.29) is 17.0 Å². The maximum Gasteiger partial charge on any atom is 0.573 e. The number of rotatable bonds is 2. The van der Waals surface area contributed by atoms with Gasteiger partial charge in [0, 0.05) is 11.5 Å². The van der Waals surface area contributed by atoms with Gasteiger partial charge in [-0.2, -0.15) is 4.52 Å². The molecule has 2 aromatic heterocycles. The number of tetrazole rings is 1. The first-order valence-electron chi connectivity index (χ1n) is 5.34. The van der Waals surface area contributed by atoms with Crippen molar-refractivity contribution in [2.75, 3.05) is 0 Å². The van der Waals surface area contributed by atoms with Gasteiger partial charge in [0.25, 0.3) is 0 Å². The van der Waals surface area contributed by atoms with Crippen molar-refractivity contribution in [2.45, 2.75) is 6.36 Å². The van der Waals surface area contributed by atoms with E-state index in [0.717, 1.165) is 12.1 Å². The first-order valence-corrected chi connectivity index (χ1v) is 5.34. The molecule has 0 saturated carbocycles. The second-order valence-corrected chi connectivity index (χ2v) is 3.90. The minimum Gasteiger partial charge on any atom is -0.406 e. The Labute approximate surface area is 108 Å². The third-order valence-electron chi connectivity index (χ3n) is 2.63. The molecule has 2 heterocycles. The van der Waals surface area contributed by atoms with Crippen molar-refractivity contribution in [3.8, 4) is 5.75 Å². The van der Waals surface area contributed by atoms with Crippen LogP contribution in [0.4, 0.5) is 13.2 Å². The van der Waals surface area contributed by atoms with Crippen LogP contribution in [-0.4, -0.2) is 32.7 Å². The average Bonchev–Trinajstić information content (AvgIpc) is 2.85. The number of halogens is 3. The number of pyridine rings is 1. The minimum absolute atomic E-state index is 0.164. The smallest absolute Gasteiger partial charge is 0.406 e. The zero-order valence-corrected chi connectivity index (χ0v) is 9.63. The molecular weight excluding hydrogens is 277 g/mol. The largest absolute Gasteiger partial charge is 0.573 e.